The van der Waals surface area contributed by atoms with Gasteiger partial charge in [-0.15, -0.1) is 0 Å². The maximum atomic E-state index is 5.70. The highest BCUT2D eigenvalue weighted by Gasteiger charge is 2.18. The molecular weight excluding hydrogens is 204 g/mol. The fraction of sp³-hybridized carbons (Fsp3) is 1.00. The number of hydrogen-bond donors (Lipinski definition) is 1. The van der Waals surface area contributed by atoms with Gasteiger partial charge in [-0.05, 0) is 38.9 Å². The van der Waals surface area contributed by atoms with E-state index in [1.54, 1.807) is 0 Å². The monoisotopic (exact) mass is 228 g/mol. The van der Waals surface area contributed by atoms with Gasteiger partial charge in [-0.1, -0.05) is 0 Å². The highest BCUT2D eigenvalue weighted by atomic mass is 16.5. The molecule has 0 saturated carbocycles. The number of hydrogen-bond acceptors (Lipinski definition) is 4. The summed E-state index contributed by atoms with van der Waals surface area (Å²) in [7, 11) is 2.14. The van der Waals surface area contributed by atoms with Gasteiger partial charge in [-0.2, -0.15) is 0 Å². The molecule has 2 atom stereocenters. The van der Waals surface area contributed by atoms with Crippen molar-refractivity contribution < 1.29 is 9.47 Å². The zero-order valence-corrected chi connectivity index (χ0v) is 10.3. The van der Waals surface area contributed by atoms with E-state index in [2.05, 4.69) is 17.3 Å². The average Bonchev–Trinajstić information content (AvgIpc) is 2.77. The van der Waals surface area contributed by atoms with Crippen molar-refractivity contribution in [1.82, 2.24) is 10.2 Å². The van der Waals surface area contributed by atoms with Crippen LogP contribution in [0.5, 0.6) is 0 Å². The van der Waals surface area contributed by atoms with Gasteiger partial charge in [0.2, 0.25) is 0 Å². The molecule has 16 heavy (non-hydrogen) atoms. The van der Waals surface area contributed by atoms with E-state index >= 15 is 0 Å². The van der Waals surface area contributed by atoms with Gasteiger partial charge in [-0.25, -0.2) is 0 Å². The Hall–Kier alpha value is -0.160. The van der Waals surface area contributed by atoms with Crippen LogP contribution in [0.3, 0.4) is 0 Å². The Morgan fingerprint density at radius 1 is 1.50 bits per heavy atom. The summed E-state index contributed by atoms with van der Waals surface area (Å²) < 4.78 is 11.3. The molecule has 0 amide bonds. The van der Waals surface area contributed by atoms with Crippen LogP contribution in [0.1, 0.15) is 12.8 Å². The highest BCUT2D eigenvalue weighted by Crippen LogP contribution is 2.12. The molecule has 2 saturated heterocycles. The SMILES string of the molecule is CN1CCOC(COCCC2CCNC2)C1. The topological polar surface area (TPSA) is 33.7 Å². The van der Waals surface area contributed by atoms with Crippen LogP contribution in [-0.2, 0) is 9.47 Å². The fourth-order valence-electron chi connectivity index (χ4n) is 2.39. The van der Waals surface area contributed by atoms with E-state index in [9.17, 15) is 0 Å². The summed E-state index contributed by atoms with van der Waals surface area (Å²) in [6.45, 7) is 6.89. The molecule has 0 aliphatic carbocycles. The zero-order chi connectivity index (χ0) is 11.2. The van der Waals surface area contributed by atoms with E-state index in [0.29, 0.717) is 0 Å². The number of likely N-dealkylation sites (N-methyl/N-ethyl adjacent to an activating group) is 1. The Morgan fingerprint density at radius 3 is 3.19 bits per heavy atom. The lowest BCUT2D eigenvalue weighted by molar-refractivity contribution is -0.0642. The van der Waals surface area contributed by atoms with E-state index in [1.165, 1.54) is 25.9 Å². The van der Waals surface area contributed by atoms with Crippen LogP contribution in [0.25, 0.3) is 0 Å². The van der Waals surface area contributed by atoms with Gasteiger partial charge >= 0.3 is 0 Å². The van der Waals surface area contributed by atoms with Crippen molar-refractivity contribution in [3.8, 4) is 0 Å². The molecular formula is C12H24N2O2. The molecule has 4 nitrogen and oxygen atoms in total. The Labute approximate surface area is 98.3 Å². The summed E-state index contributed by atoms with van der Waals surface area (Å²) in [5.41, 5.74) is 0. The standard InChI is InChI=1S/C12H24N2O2/c1-14-5-7-16-12(9-14)10-15-6-3-11-2-4-13-8-11/h11-13H,2-10H2,1H3. The summed E-state index contributed by atoms with van der Waals surface area (Å²) in [4.78, 5) is 2.30. The second-order valence-corrected chi connectivity index (χ2v) is 4.98. The number of nitrogens with one attached hydrogen (secondary N) is 1. The number of nitrogens with zero attached hydrogens (tertiary/aromatic N) is 1. The smallest absolute Gasteiger partial charge is 0.0935 e. The van der Waals surface area contributed by atoms with Gasteiger partial charge in [0.1, 0.15) is 0 Å². The van der Waals surface area contributed by atoms with Gasteiger partial charge in [0.05, 0.1) is 19.3 Å². The van der Waals surface area contributed by atoms with Crippen LogP contribution < -0.4 is 5.32 Å². The van der Waals surface area contributed by atoms with Crippen LogP contribution in [0.15, 0.2) is 0 Å². The minimum atomic E-state index is 0.278. The molecule has 2 unspecified atom stereocenters. The predicted molar refractivity (Wildman–Crippen MR) is 63.6 cm³/mol. The third-order valence-electron chi connectivity index (χ3n) is 3.48. The van der Waals surface area contributed by atoms with Crippen LogP contribution in [0, 0.1) is 5.92 Å². The molecule has 0 spiro atoms. The van der Waals surface area contributed by atoms with Crippen molar-refractivity contribution in [1.29, 1.82) is 0 Å². The van der Waals surface area contributed by atoms with Crippen LogP contribution >= 0.6 is 0 Å². The molecule has 0 aromatic rings. The Morgan fingerprint density at radius 2 is 2.44 bits per heavy atom. The molecule has 2 fully saturated rings. The first-order chi connectivity index (χ1) is 7.84. The molecule has 0 radical (unpaired) electrons. The van der Waals surface area contributed by atoms with Crippen molar-refractivity contribution >= 4 is 0 Å². The van der Waals surface area contributed by atoms with E-state index in [4.69, 9.17) is 9.47 Å². The summed E-state index contributed by atoms with van der Waals surface area (Å²) in [6, 6.07) is 0. The van der Waals surface area contributed by atoms with Crippen molar-refractivity contribution in [2.45, 2.75) is 18.9 Å². The largest absolute Gasteiger partial charge is 0.379 e. The minimum absolute atomic E-state index is 0.278. The van der Waals surface area contributed by atoms with Crippen LogP contribution in [-0.4, -0.2) is 64.1 Å². The molecule has 94 valence electrons. The molecule has 2 heterocycles. The minimum Gasteiger partial charge on any atom is -0.379 e. The van der Waals surface area contributed by atoms with Crippen LogP contribution in [0.2, 0.25) is 0 Å². The molecule has 4 heteroatoms. The first-order valence-electron chi connectivity index (χ1n) is 6.43. The Bertz CT molecular complexity index is 195. The van der Waals surface area contributed by atoms with Crippen molar-refractivity contribution in [2.24, 2.45) is 5.92 Å². The molecule has 2 aliphatic heterocycles. The van der Waals surface area contributed by atoms with Crippen molar-refractivity contribution in [3.05, 3.63) is 0 Å². The van der Waals surface area contributed by atoms with E-state index in [-0.39, 0.29) is 6.10 Å². The van der Waals surface area contributed by atoms with E-state index in [0.717, 1.165) is 38.8 Å². The highest BCUT2D eigenvalue weighted by molar-refractivity contribution is 4.71. The first kappa shape index (κ1) is 12.3. The molecule has 2 rings (SSSR count). The fourth-order valence-corrected chi connectivity index (χ4v) is 2.39. The lowest BCUT2D eigenvalue weighted by atomic mass is 10.1. The molecule has 0 aromatic carbocycles. The van der Waals surface area contributed by atoms with Gasteiger partial charge in [0, 0.05) is 19.7 Å². The summed E-state index contributed by atoms with van der Waals surface area (Å²) >= 11 is 0. The van der Waals surface area contributed by atoms with Crippen molar-refractivity contribution in [2.75, 3.05) is 53.0 Å². The normalized spacial score (nSPS) is 32.1. The summed E-state index contributed by atoms with van der Waals surface area (Å²) in [5, 5.41) is 3.38. The maximum Gasteiger partial charge on any atom is 0.0935 e. The average molecular weight is 228 g/mol. The van der Waals surface area contributed by atoms with Gasteiger partial charge in [0.15, 0.2) is 0 Å². The van der Waals surface area contributed by atoms with Crippen LogP contribution in [0.4, 0.5) is 0 Å². The quantitative estimate of drug-likeness (QED) is 0.688. The molecule has 0 bridgehead atoms. The van der Waals surface area contributed by atoms with E-state index < -0.39 is 0 Å². The van der Waals surface area contributed by atoms with Crippen molar-refractivity contribution in [3.63, 3.8) is 0 Å². The zero-order valence-electron chi connectivity index (χ0n) is 10.3. The lowest BCUT2D eigenvalue weighted by Gasteiger charge is -2.29. The molecule has 2 aliphatic rings. The number of morpholine rings is 1. The number of ether oxygens (including phenoxy) is 2. The number of rotatable bonds is 5. The second-order valence-electron chi connectivity index (χ2n) is 4.98. The van der Waals surface area contributed by atoms with Gasteiger partial charge in [0.25, 0.3) is 0 Å². The maximum absolute atomic E-state index is 5.70. The third kappa shape index (κ3) is 4.01. The van der Waals surface area contributed by atoms with Gasteiger partial charge in [-0.3, -0.25) is 0 Å². The Kier molecular flexibility index (Phi) is 5.03. The second kappa shape index (κ2) is 6.55. The first-order valence-corrected chi connectivity index (χ1v) is 6.43. The van der Waals surface area contributed by atoms with E-state index in [1.807, 2.05) is 0 Å². The Balaban J connectivity index is 1.50. The molecule has 1 N–H and O–H groups in total. The van der Waals surface area contributed by atoms with Gasteiger partial charge < -0.3 is 19.7 Å². The molecule has 0 aromatic heterocycles. The summed E-state index contributed by atoms with van der Waals surface area (Å²) in [6.07, 6.45) is 2.78. The lowest BCUT2D eigenvalue weighted by Crippen LogP contribution is -2.42. The predicted octanol–water partition coefficient (Wildman–Crippen LogP) is 0.333. The summed E-state index contributed by atoms with van der Waals surface area (Å²) in [5.74, 6) is 0.829. The third-order valence-corrected chi connectivity index (χ3v) is 3.48.